The summed E-state index contributed by atoms with van der Waals surface area (Å²) in [4.78, 5) is 33.7. The predicted molar refractivity (Wildman–Crippen MR) is 112 cm³/mol. The first-order chi connectivity index (χ1) is 13.5. The summed E-state index contributed by atoms with van der Waals surface area (Å²) < 4.78 is 0. The predicted octanol–water partition coefficient (Wildman–Crippen LogP) is 3.39. The van der Waals surface area contributed by atoms with Gasteiger partial charge in [0.1, 0.15) is 10.7 Å². The molecule has 0 fully saturated rings. The second-order valence-corrected chi connectivity index (χ2v) is 8.31. The molecule has 2 heterocycles. The molecule has 2 N–H and O–H groups in total. The van der Waals surface area contributed by atoms with Gasteiger partial charge in [0.15, 0.2) is 0 Å². The largest absolute Gasteiger partial charge is 0.309 e. The summed E-state index contributed by atoms with van der Waals surface area (Å²) in [7, 11) is 0. The highest BCUT2D eigenvalue weighted by Gasteiger charge is 2.15. The molecule has 3 aromatic rings. The molecule has 7 heteroatoms. The molecule has 0 bridgehead atoms. The van der Waals surface area contributed by atoms with E-state index in [-0.39, 0.29) is 17.9 Å². The maximum atomic E-state index is 12.4. The number of aromatic nitrogens is 2. The highest BCUT2D eigenvalue weighted by atomic mass is 32.1. The van der Waals surface area contributed by atoms with Gasteiger partial charge in [-0.15, -0.1) is 11.3 Å². The Bertz CT molecular complexity index is 1140. The van der Waals surface area contributed by atoms with Crippen molar-refractivity contribution in [3.05, 3.63) is 62.0 Å². The third-order valence-corrected chi connectivity index (χ3v) is 6.27. The lowest BCUT2D eigenvalue weighted by Crippen LogP contribution is -2.24. The van der Waals surface area contributed by atoms with E-state index in [1.165, 1.54) is 16.9 Å². The van der Waals surface area contributed by atoms with Crippen molar-refractivity contribution >= 4 is 33.2 Å². The zero-order valence-corrected chi connectivity index (χ0v) is 16.8. The Morgan fingerprint density at radius 3 is 2.89 bits per heavy atom. The quantitative estimate of drug-likeness (QED) is 0.527. The Morgan fingerprint density at radius 2 is 2.04 bits per heavy atom. The van der Waals surface area contributed by atoms with Gasteiger partial charge in [-0.3, -0.25) is 9.59 Å². The average molecular weight is 395 g/mol. The van der Waals surface area contributed by atoms with Crippen LogP contribution in [0.5, 0.6) is 0 Å². The van der Waals surface area contributed by atoms with Crippen LogP contribution >= 0.6 is 11.3 Å². The van der Waals surface area contributed by atoms with Crippen LogP contribution < -0.4 is 11.0 Å². The van der Waals surface area contributed by atoms with E-state index in [0.29, 0.717) is 16.0 Å². The van der Waals surface area contributed by atoms with E-state index in [9.17, 15) is 9.59 Å². The van der Waals surface area contributed by atoms with Crippen LogP contribution in [0.2, 0.25) is 0 Å². The summed E-state index contributed by atoms with van der Waals surface area (Å²) in [6.07, 6.45) is 4.03. The van der Waals surface area contributed by atoms with Crippen molar-refractivity contribution < 1.29 is 4.79 Å². The van der Waals surface area contributed by atoms with E-state index in [2.05, 4.69) is 32.6 Å². The second kappa shape index (κ2) is 7.67. The van der Waals surface area contributed by atoms with Gasteiger partial charge >= 0.3 is 0 Å². The number of hydrazone groups is 1. The number of fused-ring (bicyclic) bond motifs is 2. The summed E-state index contributed by atoms with van der Waals surface area (Å²) in [5.41, 5.74) is 6.68. The number of carbonyl (C=O) groups is 1. The van der Waals surface area contributed by atoms with Crippen LogP contribution in [0.3, 0.4) is 0 Å². The molecule has 1 aliphatic carbocycles. The van der Waals surface area contributed by atoms with Crippen LogP contribution in [0.15, 0.2) is 34.2 Å². The molecule has 0 saturated carbocycles. The van der Waals surface area contributed by atoms with Crippen molar-refractivity contribution in [2.24, 2.45) is 5.10 Å². The molecule has 2 aromatic heterocycles. The summed E-state index contributed by atoms with van der Waals surface area (Å²) in [5, 5.41) is 5.00. The Morgan fingerprint density at radius 1 is 1.25 bits per heavy atom. The summed E-state index contributed by atoms with van der Waals surface area (Å²) in [6, 6.07) is 8.20. The first-order valence-electron chi connectivity index (χ1n) is 9.45. The van der Waals surface area contributed by atoms with Crippen LogP contribution in [0, 0.1) is 13.8 Å². The number of rotatable bonds is 3. The number of hydrogen-bond acceptors (Lipinski definition) is 5. The van der Waals surface area contributed by atoms with Gasteiger partial charge in [0.2, 0.25) is 5.91 Å². The van der Waals surface area contributed by atoms with Crippen molar-refractivity contribution in [1.82, 2.24) is 15.4 Å². The monoisotopic (exact) mass is 394 g/mol. The lowest BCUT2D eigenvalue weighted by atomic mass is 10.0. The fourth-order valence-corrected chi connectivity index (χ4v) is 4.63. The zero-order chi connectivity index (χ0) is 19.7. The van der Waals surface area contributed by atoms with E-state index in [1.54, 1.807) is 0 Å². The van der Waals surface area contributed by atoms with E-state index in [1.807, 2.05) is 26.0 Å². The lowest BCUT2D eigenvalue weighted by molar-refractivity contribution is -0.120. The molecule has 6 nitrogen and oxygen atoms in total. The Balaban J connectivity index is 1.53. The van der Waals surface area contributed by atoms with E-state index >= 15 is 0 Å². The number of aryl methyl sites for hydroxylation is 3. The van der Waals surface area contributed by atoms with Crippen LogP contribution in [-0.2, 0) is 17.6 Å². The number of hydrogen-bond donors (Lipinski definition) is 2. The number of aromatic amines is 1. The van der Waals surface area contributed by atoms with Crippen molar-refractivity contribution in [3.8, 4) is 0 Å². The molecule has 0 atom stereocenters. The van der Waals surface area contributed by atoms with E-state index in [0.717, 1.165) is 47.4 Å². The molecule has 1 amide bonds. The average Bonchev–Trinajstić information content (AvgIpc) is 2.84. The Kier molecular flexibility index (Phi) is 5.09. The minimum absolute atomic E-state index is 0.0143. The molecule has 1 aliphatic rings. The number of thiophene rings is 1. The van der Waals surface area contributed by atoms with Crippen molar-refractivity contribution in [1.29, 1.82) is 0 Å². The van der Waals surface area contributed by atoms with E-state index in [4.69, 9.17) is 0 Å². The number of H-pyrrole nitrogens is 1. The number of amides is 1. The molecule has 144 valence electrons. The van der Waals surface area contributed by atoms with Gasteiger partial charge in [0, 0.05) is 10.4 Å². The van der Waals surface area contributed by atoms with Crippen molar-refractivity contribution in [3.63, 3.8) is 0 Å². The van der Waals surface area contributed by atoms with Gasteiger partial charge in [-0.25, -0.2) is 10.4 Å². The SMILES string of the molecule is Cc1sc2nc(CC(=O)N/N=C3\CCCCc4ccccc43)[nH]c(=O)c2c1C. The second-order valence-electron chi connectivity index (χ2n) is 7.11. The van der Waals surface area contributed by atoms with Gasteiger partial charge < -0.3 is 4.98 Å². The van der Waals surface area contributed by atoms with Gasteiger partial charge in [-0.1, -0.05) is 24.3 Å². The highest BCUT2D eigenvalue weighted by Crippen LogP contribution is 2.25. The van der Waals surface area contributed by atoms with Gasteiger partial charge in [0.25, 0.3) is 5.56 Å². The van der Waals surface area contributed by atoms with Crippen LogP contribution in [0.4, 0.5) is 0 Å². The van der Waals surface area contributed by atoms with Crippen LogP contribution in [0.25, 0.3) is 10.2 Å². The molecule has 0 unspecified atom stereocenters. The number of nitrogens with one attached hydrogen (secondary N) is 2. The molecule has 1 aromatic carbocycles. The topological polar surface area (TPSA) is 87.2 Å². The first kappa shape index (κ1) is 18.6. The number of carbonyl (C=O) groups excluding carboxylic acids is 1. The zero-order valence-electron chi connectivity index (χ0n) is 16.0. The molecule has 4 rings (SSSR count). The molecular formula is C21H22N4O2S. The third kappa shape index (κ3) is 3.62. The van der Waals surface area contributed by atoms with Crippen molar-refractivity contribution in [2.45, 2.75) is 46.0 Å². The van der Waals surface area contributed by atoms with Gasteiger partial charge in [0.05, 0.1) is 17.5 Å². The fraction of sp³-hybridized carbons (Fsp3) is 0.333. The molecule has 0 aliphatic heterocycles. The van der Waals surface area contributed by atoms with E-state index < -0.39 is 0 Å². The first-order valence-corrected chi connectivity index (χ1v) is 10.3. The third-order valence-electron chi connectivity index (χ3n) is 5.17. The Hall–Kier alpha value is -2.80. The fourth-order valence-electron chi connectivity index (χ4n) is 3.58. The standard InChI is InChI=1S/C21H22N4O2S/c1-12-13(2)28-21-19(12)20(27)22-17(23-21)11-18(26)25-24-16-10-6-4-8-14-7-3-5-9-15(14)16/h3,5,7,9H,4,6,8,10-11H2,1-2H3,(H,25,26)(H,22,23,27)/b24-16+. The molecular weight excluding hydrogens is 372 g/mol. The Labute approximate surface area is 166 Å². The normalized spacial score (nSPS) is 15.4. The highest BCUT2D eigenvalue weighted by molar-refractivity contribution is 7.18. The molecule has 0 spiro atoms. The lowest BCUT2D eigenvalue weighted by Gasteiger charge is -2.08. The number of benzene rings is 1. The summed E-state index contributed by atoms with van der Waals surface area (Å²) in [5.74, 6) is 0.0689. The minimum atomic E-state index is -0.290. The summed E-state index contributed by atoms with van der Waals surface area (Å²) in [6.45, 7) is 3.88. The molecule has 0 saturated heterocycles. The minimum Gasteiger partial charge on any atom is -0.309 e. The van der Waals surface area contributed by atoms with Gasteiger partial charge in [-0.2, -0.15) is 5.10 Å². The molecule has 0 radical (unpaired) electrons. The summed E-state index contributed by atoms with van der Waals surface area (Å²) >= 11 is 1.47. The van der Waals surface area contributed by atoms with Crippen LogP contribution in [0.1, 0.15) is 46.7 Å². The molecule has 28 heavy (non-hydrogen) atoms. The van der Waals surface area contributed by atoms with Gasteiger partial charge in [-0.05, 0) is 50.7 Å². The number of nitrogens with zero attached hydrogens (tertiary/aromatic N) is 2. The van der Waals surface area contributed by atoms with Crippen LogP contribution in [-0.4, -0.2) is 21.6 Å². The maximum Gasteiger partial charge on any atom is 0.259 e. The smallest absolute Gasteiger partial charge is 0.259 e. The van der Waals surface area contributed by atoms with Crippen molar-refractivity contribution in [2.75, 3.05) is 0 Å². The maximum absolute atomic E-state index is 12.4.